The van der Waals surface area contributed by atoms with Crippen molar-refractivity contribution >= 4 is 22.6 Å². The van der Waals surface area contributed by atoms with Crippen molar-refractivity contribution < 1.29 is 9.32 Å². The number of anilines is 1. The number of rotatable bonds is 5. The van der Waals surface area contributed by atoms with Gasteiger partial charge in [-0.15, -0.1) is 0 Å². The number of hydrogen-bond acceptors (Lipinski definition) is 5. The monoisotopic (exact) mass is 444 g/mol. The Morgan fingerprint density at radius 3 is 2.79 bits per heavy atom. The maximum atomic E-state index is 12.8. The summed E-state index contributed by atoms with van der Waals surface area (Å²) in [6.07, 6.45) is 5.39. The van der Waals surface area contributed by atoms with Crippen LogP contribution in [0.5, 0.6) is 0 Å². The molecular weight excluding hydrogens is 416 g/mol. The zero-order chi connectivity index (χ0) is 22.8. The fourth-order valence-electron chi connectivity index (χ4n) is 4.36. The van der Waals surface area contributed by atoms with E-state index in [0.29, 0.717) is 36.4 Å². The fraction of sp³-hybridized carbons (Fsp3) is 0.360. The van der Waals surface area contributed by atoms with E-state index in [0.717, 1.165) is 30.5 Å². The van der Waals surface area contributed by atoms with Crippen molar-refractivity contribution in [1.29, 1.82) is 0 Å². The molecule has 1 aliphatic heterocycles. The van der Waals surface area contributed by atoms with Gasteiger partial charge in [-0.25, -0.2) is 4.79 Å². The number of amides is 2. The minimum Gasteiger partial charge on any atom is -0.347 e. The molecule has 170 valence electrons. The van der Waals surface area contributed by atoms with Gasteiger partial charge in [-0.2, -0.15) is 4.98 Å². The van der Waals surface area contributed by atoms with Crippen LogP contribution >= 0.6 is 0 Å². The van der Waals surface area contributed by atoms with Gasteiger partial charge in [-0.3, -0.25) is 4.98 Å². The highest BCUT2D eigenvalue weighted by Gasteiger charge is 2.28. The maximum absolute atomic E-state index is 12.8. The van der Waals surface area contributed by atoms with E-state index in [1.807, 2.05) is 35.2 Å². The highest BCUT2D eigenvalue weighted by atomic mass is 16.5. The first-order chi connectivity index (χ1) is 16.1. The molecule has 0 spiro atoms. The summed E-state index contributed by atoms with van der Waals surface area (Å²) in [5.41, 5.74) is 2.70. The van der Waals surface area contributed by atoms with E-state index < -0.39 is 0 Å². The van der Waals surface area contributed by atoms with Crippen LogP contribution in [0.3, 0.4) is 0 Å². The molecule has 4 aromatic rings. The lowest BCUT2D eigenvalue weighted by Crippen LogP contribution is -2.40. The predicted octanol–water partition coefficient (Wildman–Crippen LogP) is 5.15. The van der Waals surface area contributed by atoms with E-state index in [1.54, 1.807) is 6.20 Å². The first-order valence-electron chi connectivity index (χ1n) is 11.5. The number of nitrogens with zero attached hydrogens (tertiary/aromatic N) is 5. The first-order valence-corrected chi connectivity index (χ1v) is 11.5. The molecule has 0 atom stereocenters. The molecule has 4 heterocycles. The quantitative estimate of drug-likeness (QED) is 0.460. The molecule has 0 unspecified atom stereocenters. The van der Waals surface area contributed by atoms with E-state index in [9.17, 15) is 4.79 Å². The largest absolute Gasteiger partial charge is 0.347 e. The molecule has 1 fully saturated rings. The predicted molar refractivity (Wildman–Crippen MR) is 127 cm³/mol. The van der Waals surface area contributed by atoms with Crippen molar-refractivity contribution in [2.75, 3.05) is 18.4 Å². The molecule has 5 rings (SSSR count). The standard InChI is InChI=1S/C25H28N6O2/c1-17(2)16-31-14-10-19-15-20(6-7-22(19)31)27-25(32)30-12-8-18(9-13-30)24-28-23(29-33-24)21-5-3-4-11-26-21/h3-7,10-11,14-15,17-18H,8-9,12-13,16H2,1-2H3,(H,27,32). The zero-order valence-electron chi connectivity index (χ0n) is 18.9. The Morgan fingerprint density at radius 2 is 2.03 bits per heavy atom. The lowest BCUT2D eigenvalue weighted by Gasteiger charge is -2.30. The molecule has 3 aromatic heterocycles. The van der Waals surface area contributed by atoms with Crippen molar-refractivity contribution in [2.24, 2.45) is 5.92 Å². The SMILES string of the molecule is CC(C)Cn1ccc2cc(NC(=O)N3CCC(c4nc(-c5ccccn5)no4)CC3)ccc21. The van der Waals surface area contributed by atoms with Crippen molar-refractivity contribution in [1.82, 2.24) is 24.6 Å². The summed E-state index contributed by atoms with van der Waals surface area (Å²) in [7, 11) is 0. The van der Waals surface area contributed by atoms with Gasteiger partial charge in [-0.1, -0.05) is 25.1 Å². The van der Waals surface area contributed by atoms with Gasteiger partial charge in [0, 0.05) is 54.5 Å². The summed E-state index contributed by atoms with van der Waals surface area (Å²) < 4.78 is 7.75. The van der Waals surface area contributed by atoms with E-state index in [1.165, 1.54) is 5.52 Å². The van der Waals surface area contributed by atoms with Gasteiger partial charge < -0.3 is 19.3 Å². The van der Waals surface area contributed by atoms with Crippen LogP contribution in [0.2, 0.25) is 0 Å². The van der Waals surface area contributed by atoms with Crippen LogP contribution in [0.1, 0.15) is 38.5 Å². The summed E-state index contributed by atoms with van der Waals surface area (Å²) in [6, 6.07) is 13.7. The van der Waals surface area contributed by atoms with Crippen molar-refractivity contribution in [3.05, 3.63) is 60.7 Å². The third kappa shape index (κ3) is 4.60. The zero-order valence-corrected chi connectivity index (χ0v) is 18.9. The maximum Gasteiger partial charge on any atom is 0.321 e. The van der Waals surface area contributed by atoms with Crippen molar-refractivity contribution in [3.8, 4) is 11.5 Å². The summed E-state index contributed by atoms with van der Waals surface area (Å²) in [5, 5.41) is 8.25. The highest BCUT2D eigenvalue weighted by Crippen LogP contribution is 2.29. The van der Waals surface area contributed by atoms with Crippen LogP contribution in [-0.2, 0) is 6.54 Å². The second kappa shape index (κ2) is 9.05. The number of piperidine rings is 1. The van der Waals surface area contributed by atoms with Crippen molar-refractivity contribution in [3.63, 3.8) is 0 Å². The molecule has 0 radical (unpaired) electrons. The Bertz CT molecular complexity index is 1240. The summed E-state index contributed by atoms with van der Waals surface area (Å²) in [4.78, 5) is 23.5. The molecule has 1 aromatic carbocycles. The Kier molecular flexibility index (Phi) is 5.81. The van der Waals surface area contributed by atoms with Crippen LogP contribution in [0, 0.1) is 5.92 Å². The van der Waals surface area contributed by atoms with E-state index >= 15 is 0 Å². The van der Waals surface area contributed by atoms with Gasteiger partial charge in [0.25, 0.3) is 0 Å². The molecule has 8 nitrogen and oxygen atoms in total. The molecule has 1 aliphatic rings. The minimum atomic E-state index is -0.0749. The summed E-state index contributed by atoms with van der Waals surface area (Å²) in [6.45, 7) is 6.69. The van der Waals surface area contributed by atoms with Gasteiger partial charge in [0.2, 0.25) is 11.7 Å². The van der Waals surface area contributed by atoms with Gasteiger partial charge in [-0.05, 0) is 55.2 Å². The number of carbonyl (C=O) groups excluding carboxylic acids is 1. The van der Waals surface area contributed by atoms with Crippen LogP contribution in [-0.4, -0.2) is 43.7 Å². The van der Waals surface area contributed by atoms with Crippen LogP contribution in [0.4, 0.5) is 10.5 Å². The molecular formula is C25H28N6O2. The number of nitrogens with one attached hydrogen (secondary N) is 1. The number of pyridine rings is 1. The average molecular weight is 445 g/mol. The van der Waals surface area contributed by atoms with Crippen molar-refractivity contribution in [2.45, 2.75) is 39.2 Å². The number of aromatic nitrogens is 4. The minimum absolute atomic E-state index is 0.0749. The summed E-state index contributed by atoms with van der Waals surface area (Å²) in [5.74, 6) is 1.85. The molecule has 1 N–H and O–H groups in total. The third-order valence-corrected chi connectivity index (χ3v) is 6.05. The van der Waals surface area contributed by atoms with Gasteiger partial charge in [0.1, 0.15) is 5.69 Å². The van der Waals surface area contributed by atoms with E-state index in [4.69, 9.17) is 4.52 Å². The highest BCUT2D eigenvalue weighted by molar-refractivity contribution is 5.93. The third-order valence-electron chi connectivity index (χ3n) is 6.05. The lowest BCUT2D eigenvalue weighted by atomic mass is 9.97. The Morgan fingerprint density at radius 1 is 1.18 bits per heavy atom. The normalized spacial score (nSPS) is 14.8. The average Bonchev–Trinajstić information content (AvgIpc) is 3.47. The molecule has 2 amide bonds. The molecule has 0 saturated carbocycles. The second-order valence-corrected chi connectivity index (χ2v) is 9.00. The lowest BCUT2D eigenvalue weighted by molar-refractivity contribution is 0.187. The van der Waals surface area contributed by atoms with Gasteiger partial charge in [0.15, 0.2) is 0 Å². The number of carbonyl (C=O) groups is 1. The first kappa shape index (κ1) is 21.2. The number of hydrogen-bond donors (Lipinski definition) is 1. The van der Waals surface area contributed by atoms with Gasteiger partial charge in [0.05, 0.1) is 0 Å². The Balaban J connectivity index is 1.18. The van der Waals surface area contributed by atoms with E-state index in [-0.39, 0.29) is 11.9 Å². The fourth-order valence-corrected chi connectivity index (χ4v) is 4.36. The summed E-state index contributed by atoms with van der Waals surface area (Å²) >= 11 is 0. The van der Waals surface area contributed by atoms with Gasteiger partial charge >= 0.3 is 6.03 Å². The Labute approximate surface area is 192 Å². The van der Waals surface area contributed by atoms with Crippen LogP contribution < -0.4 is 5.32 Å². The molecule has 8 heteroatoms. The number of likely N-dealkylation sites (tertiary alicyclic amines) is 1. The van der Waals surface area contributed by atoms with E-state index in [2.05, 4.69) is 57.2 Å². The molecule has 0 bridgehead atoms. The number of benzene rings is 1. The molecule has 1 saturated heterocycles. The Hall–Kier alpha value is -3.68. The molecule has 0 aliphatic carbocycles. The second-order valence-electron chi connectivity index (χ2n) is 9.00. The van der Waals surface area contributed by atoms with Crippen LogP contribution in [0.15, 0.2) is 59.4 Å². The topological polar surface area (TPSA) is 89.1 Å². The van der Waals surface area contributed by atoms with Crippen LogP contribution in [0.25, 0.3) is 22.4 Å². The smallest absolute Gasteiger partial charge is 0.321 e. The number of urea groups is 1. The molecule has 33 heavy (non-hydrogen) atoms. The number of fused-ring (bicyclic) bond motifs is 1.